The van der Waals surface area contributed by atoms with Gasteiger partial charge < -0.3 is 15.4 Å². The van der Waals surface area contributed by atoms with Crippen LogP contribution < -0.4 is 10.6 Å². The Morgan fingerprint density at radius 2 is 2.26 bits per heavy atom. The molecule has 2 heterocycles. The van der Waals surface area contributed by atoms with Crippen molar-refractivity contribution in [2.24, 2.45) is 10.9 Å². The number of aliphatic imine (C=N–C) groups is 1. The molecule has 0 amide bonds. The van der Waals surface area contributed by atoms with Crippen LogP contribution in [0, 0.1) is 5.92 Å². The van der Waals surface area contributed by atoms with Crippen molar-refractivity contribution >= 4 is 22.3 Å². The fourth-order valence-corrected chi connectivity index (χ4v) is 2.74. The first-order chi connectivity index (χ1) is 11.2. The number of fused-ring (bicyclic) bond motifs is 1. The van der Waals surface area contributed by atoms with Gasteiger partial charge in [-0.05, 0) is 19.3 Å². The second-order valence-electron chi connectivity index (χ2n) is 5.74. The third kappa shape index (κ3) is 6.19. The molecule has 0 radical (unpaired) electrons. The van der Waals surface area contributed by atoms with E-state index < -0.39 is 0 Å². The number of guanidine groups is 1. The number of thiazole rings is 1. The van der Waals surface area contributed by atoms with Gasteiger partial charge in [-0.15, -0.1) is 11.3 Å². The molecule has 0 bridgehead atoms. The number of hydrogen-bond acceptors (Lipinski definition) is 4. The monoisotopic (exact) mass is 337 g/mol. The lowest BCUT2D eigenvalue weighted by Gasteiger charge is -2.11. The molecule has 0 aliphatic carbocycles. The van der Waals surface area contributed by atoms with E-state index in [1.54, 1.807) is 11.3 Å². The maximum Gasteiger partial charge on any atom is 0.193 e. The third-order valence-electron chi connectivity index (χ3n) is 3.26. The van der Waals surface area contributed by atoms with Crippen molar-refractivity contribution < 1.29 is 4.74 Å². The molecular formula is C16H27N5OS. The van der Waals surface area contributed by atoms with Crippen LogP contribution in [0.4, 0.5) is 0 Å². The summed E-state index contributed by atoms with van der Waals surface area (Å²) in [7, 11) is 0. The number of imidazole rings is 1. The summed E-state index contributed by atoms with van der Waals surface area (Å²) in [5.41, 5.74) is 0.974. The predicted molar refractivity (Wildman–Crippen MR) is 96.2 cm³/mol. The number of aromatic nitrogens is 2. The maximum absolute atomic E-state index is 5.61. The maximum atomic E-state index is 5.61. The molecule has 0 aliphatic rings. The lowest BCUT2D eigenvalue weighted by Crippen LogP contribution is -2.39. The number of nitrogens with zero attached hydrogens (tertiary/aromatic N) is 3. The predicted octanol–water partition coefficient (Wildman–Crippen LogP) is 2.51. The van der Waals surface area contributed by atoms with Crippen LogP contribution >= 0.6 is 11.3 Å². The van der Waals surface area contributed by atoms with Gasteiger partial charge in [-0.1, -0.05) is 13.8 Å². The van der Waals surface area contributed by atoms with Gasteiger partial charge in [-0.2, -0.15) is 0 Å². The number of rotatable bonds is 9. The molecule has 0 fully saturated rings. The first-order valence-electron chi connectivity index (χ1n) is 8.20. The molecule has 2 rings (SSSR count). The molecule has 0 saturated heterocycles. The van der Waals surface area contributed by atoms with Crippen molar-refractivity contribution in [1.29, 1.82) is 0 Å². The molecule has 0 spiro atoms. The zero-order valence-corrected chi connectivity index (χ0v) is 15.0. The minimum Gasteiger partial charge on any atom is -0.380 e. The van der Waals surface area contributed by atoms with Crippen LogP contribution in [-0.4, -0.2) is 41.6 Å². The summed E-state index contributed by atoms with van der Waals surface area (Å²) in [6.07, 6.45) is 5.14. The molecule has 128 valence electrons. The average Bonchev–Trinajstić information content (AvgIpc) is 3.09. The van der Waals surface area contributed by atoms with Crippen LogP contribution in [0.5, 0.6) is 0 Å². The van der Waals surface area contributed by atoms with Gasteiger partial charge in [0.2, 0.25) is 0 Å². The fourth-order valence-electron chi connectivity index (χ4n) is 2.02. The van der Waals surface area contributed by atoms with E-state index in [4.69, 9.17) is 4.74 Å². The van der Waals surface area contributed by atoms with Gasteiger partial charge in [0.15, 0.2) is 10.9 Å². The van der Waals surface area contributed by atoms with E-state index >= 15 is 0 Å². The minimum atomic E-state index is 0.567. The Labute approximate surface area is 142 Å². The van der Waals surface area contributed by atoms with Crippen LogP contribution in [-0.2, 0) is 11.3 Å². The Balaban J connectivity index is 1.74. The summed E-state index contributed by atoms with van der Waals surface area (Å²) in [6, 6.07) is 0. The second kappa shape index (κ2) is 9.52. The van der Waals surface area contributed by atoms with Crippen LogP contribution in [0.15, 0.2) is 22.8 Å². The molecule has 23 heavy (non-hydrogen) atoms. The van der Waals surface area contributed by atoms with Crippen LogP contribution in [0.25, 0.3) is 4.96 Å². The fraction of sp³-hybridized carbons (Fsp3) is 0.625. The molecule has 0 unspecified atom stereocenters. The Kier molecular flexibility index (Phi) is 7.35. The van der Waals surface area contributed by atoms with Gasteiger partial charge in [0.05, 0.1) is 18.8 Å². The van der Waals surface area contributed by atoms with Crippen LogP contribution in [0.2, 0.25) is 0 Å². The highest BCUT2D eigenvalue weighted by Crippen LogP contribution is 2.11. The molecule has 2 aromatic heterocycles. The van der Waals surface area contributed by atoms with Gasteiger partial charge in [-0.25, -0.2) is 9.98 Å². The Morgan fingerprint density at radius 3 is 3.00 bits per heavy atom. The van der Waals surface area contributed by atoms with Crippen molar-refractivity contribution in [3.05, 3.63) is 23.5 Å². The number of nitrogens with one attached hydrogen (secondary N) is 2. The largest absolute Gasteiger partial charge is 0.380 e. The van der Waals surface area contributed by atoms with Gasteiger partial charge >= 0.3 is 0 Å². The quantitative estimate of drug-likeness (QED) is 0.419. The molecule has 6 nitrogen and oxygen atoms in total. The first kappa shape index (κ1) is 17.7. The van der Waals surface area contributed by atoms with E-state index in [9.17, 15) is 0 Å². The van der Waals surface area contributed by atoms with Crippen LogP contribution in [0.1, 0.15) is 32.9 Å². The Hall–Kier alpha value is -1.60. The molecule has 0 aromatic carbocycles. The molecule has 0 atom stereocenters. The third-order valence-corrected chi connectivity index (χ3v) is 4.04. The van der Waals surface area contributed by atoms with Crippen molar-refractivity contribution in [3.8, 4) is 0 Å². The molecule has 0 saturated carbocycles. The summed E-state index contributed by atoms with van der Waals surface area (Å²) in [4.78, 5) is 10.1. The van der Waals surface area contributed by atoms with E-state index in [0.717, 1.165) is 42.7 Å². The highest BCUT2D eigenvalue weighted by atomic mass is 32.1. The molecule has 2 aromatic rings. The van der Waals surface area contributed by atoms with Crippen molar-refractivity contribution in [3.63, 3.8) is 0 Å². The summed E-state index contributed by atoms with van der Waals surface area (Å²) in [6.45, 7) is 10.1. The molecular weight excluding hydrogens is 310 g/mol. The second-order valence-corrected chi connectivity index (χ2v) is 6.61. The van der Waals surface area contributed by atoms with Gasteiger partial charge in [0.1, 0.15) is 0 Å². The Bertz CT molecular complexity index is 576. The number of hydrogen-bond donors (Lipinski definition) is 2. The highest BCUT2D eigenvalue weighted by Gasteiger charge is 2.03. The lowest BCUT2D eigenvalue weighted by atomic mass is 10.1. The summed E-state index contributed by atoms with van der Waals surface area (Å²) in [5.74, 6) is 1.49. The minimum absolute atomic E-state index is 0.567. The van der Waals surface area contributed by atoms with E-state index in [2.05, 4.69) is 41.4 Å². The molecule has 0 aliphatic heterocycles. The van der Waals surface area contributed by atoms with E-state index in [1.807, 2.05) is 22.2 Å². The van der Waals surface area contributed by atoms with Gasteiger partial charge in [0, 0.05) is 37.5 Å². The number of ether oxygens (including phenoxy) is 1. The smallest absolute Gasteiger partial charge is 0.193 e. The normalized spacial score (nSPS) is 12.3. The summed E-state index contributed by atoms with van der Waals surface area (Å²) in [5, 5.41) is 8.56. The molecule has 2 N–H and O–H groups in total. The van der Waals surface area contributed by atoms with E-state index in [-0.39, 0.29) is 0 Å². The zero-order chi connectivity index (χ0) is 16.5. The standard InChI is InChI=1S/C16H27N5OS/c1-4-17-15(18-6-9-22-8-5-13(2)3)19-11-14-12-21-7-10-23-16(21)20-14/h7,10,12-13H,4-6,8-9,11H2,1-3H3,(H2,17,18,19). The van der Waals surface area contributed by atoms with Crippen molar-refractivity contribution in [1.82, 2.24) is 20.0 Å². The molecule has 7 heteroatoms. The summed E-state index contributed by atoms with van der Waals surface area (Å²) >= 11 is 1.63. The first-order valence-corrected chi connectivity index (χ1v) is 9.08. The van der Waals surface area contributed by atoms with Crippen LogP contribution in [0.3, 0.4) is 0 Å². The highest BCUT2D eigenvalue weighted by molar-refractivity contribution is 7.15. The summed E-state index contributed by atoms with van der Waals surface area (Å²) < 4.78 is 7.63. The van der Waals surface area contributed by atoms with Gasteiger partial charge in [0.25, 0.3) is 0 Å². The van der Waals surface area contributed by atoms with Crippen molar-refractivity contribution in [2.75, 3.05) is 26.3 Å². The van der Waals surface area contributed by atoms with E-state index in [0.29, 0.717) is 19.1 Å². The topological polar surface area (TPSA) is 63.0 Å². The van der Waals surface area contributed by atoms with Crippen molar-refractivity contribution in [2.45, 2.75) is 33.7 Å². The Morgan fingerprint density at radius 1 is 1.39 bits per heavy atom. The zero-order valence-electron chi connectivity index (χ0n) is 14.2. The SMILES string of the molecule is CCNC(=NCc1cn2ccsc2n1)NCCOCCC(C)C. The van der Waals surface area contributed by atoms with E-state index in [1.165, 1.54) is 0 Å². The van der Waals surface area contributed by atoms with Gasteiger partial charge in [-0.3, -0.25) is 4.40 Å². The lowest BCUT2D eigenvalue weighted by molar-refractivity contribution is 0.128. The average molecular weight is 337 g/mol.